The summed E-state index contributed by atoms with van der Waals surface area (Å²) >= 11 is 0. The maximum absolute atomic E-state index is 10.4. The number of amides is 1. The van der Waals surface area contributed by atoms with Gasteiger partial charge in [0, 0.05) is 11.1 Å². The Hall–Kier alpha value is -2.30. The van der Waals surface area contributed by atoms with E-state index >= 15 is 0 Å². The van der Waals surface area contributed by atoms with Gasteiger partial charge in [-0.2, -0.15) is 0 Å². The highest BCUT2D eigenvalue weighted by atomic mass is 16.4. The van der Waals surface area contributed by atoms with Crippen LogP contribution in [-0.2, 0) is 0 Å². The summed E-state index contributed by atoms with van der Waals surface area (Å²) in [5.41, 5.74) is 7.03. The van der Waals surface area contributed by atoms with E-state index in [0.717, 1.165) is 5.39 Å². The Morgan fingerprint density at radius 1 is 1.33 bits per heavy atom. The number of nitrogen functional groups attached to an aromatic ring is 1. The highest BCUT2D eigenvalue weighted by Gasteiger charge is 2.02. The molecule has 0 unspecified atom stereocenters. The van der Waals surface area contributed by atoms with Crippen LogP contribution in [-0.4, -0.2) is 16.2 Å². The van der Waals surface area contributed by atoms with Gasteiger partial charge in [-0.05, 0) is 24.3 Å². The third-order valence-corrected chi connectivity index (χ3v) is 2.00. The molecule has 2 aromatic rings. The summed E-state index contributed by atoms with van der Waals surface area (Å²) in [6, 6.07) is 8.64. The third kappa shape index (κ3) is 1.80. The molecule has 0 aliphatic heterocycles. The summed E-state index contributed by atoms with van der Waals surface area (Å²) < 4.78 is 0. The number of anilines is 2. The van der Waals surface area contributed by atoms with Crippen LogP contribution in [0, 0.1) is 0 Å². The highest BCUT2D eigenvalue weighted by molar-refractivity contribution is 5.92. The number of fused-ring (bicyclic) bond motifs is 1. The minimum atomic E-state index is -1.13. The van der Waals surface area contributed by atoms with Gasteiger partial charge in [0.05, 0.1) is 5.52 Å². The number of nitrogens with two attached hydrogens (primary N) is 1. The molecule has 1 aromatic carbocycles. The predicted octanol–water partition coefficient (Wildman–Crippen LogP) is 1.91. The van der Waals surface area contributed by atoms with Crippen molar-refractivity contribution >= 4 is 28.5 Å². The van der Waals surface area contributed by atoms with Crippen molar-refractivity contribution in [1.82, 2.24) is 4.98 Å². The molecule has 76 valence electrons. The number of rotatable bonds is 1. The lowest BCUT2D eigenvalue weighted by atomic mass is 10.2. The minimum absolute atomic E-state index is 0.292. The number of aromatic nitrogens is 1. The fourth-order valence-corrected chi connectivity index (χ4v) is 1.36. The van der Waals surface area contributed by atoms with E-state index in [1.54, 1.807) is 30.3 Å². The number of benzene rings is 1. The summed E-state index contributed by atoms with van der Waals surface area (Å²) in [4.78, 5) is 14.5. The van der Waals surface area contributed by atoms with E-state index in [9.17, 15) is 4.79 Å². The predicted molar refractivity (Wildman–Crippen MR) is 57.8 cm³/mol. The first-order valence-electron chi connectivity index (χ1n) is 4.32. The molecule has 4 N–H and O–H groups in total. The molecule has 0 spiro atoms. The monoisotopic (exact) mass is 203 g/mol. The second-order valence-electron chi connectivity index (χ2n) is 3.04. The smallest absolute Gasteiger partial charge is 0.410 e. The van der Waals surface area contributed by atoms with Crippen LogP contribution in [0.2, 0.25) is 0 Å². The Labute approximate surface area is 85.5 Å². The molecule has 2 rings (SSSR count). The van der Waals surface area contributed by atoms with Crippen molar-refractivity contribution in [2.75, 3.05) is 11.1 Å². The van der Waals surface area contributed by atoms with Crippen molar-refractivity contribution < 1.29 is 9.90 Å². The maximum atomic E-state index is 10.4. The summed E-state index contributed by atoms with van der Waals surface area (Å²) in [7, 11) is 0. The van der Waals surface area contributed by atoms with Crippen molar-refractivity contribution in [3.8, 4) is 0 Å². The van der Waals surface area contributed by atoms with Crippen LogP contribution in [0.5, 0.6) is 0 Å². The molecule has 0 aliphatic carbocycles. The Morgan fingerprint density at radius 3 is 2.87 bits per heavy atom. The van der Waals surface area contributed by atoms with Crippen LogP contribution in [0.15, 0.2) is 30.3 Å². The maximum Gasteiger partial charge on any atom is 0.410 e. The van der Waals surface area contributed by atoms with Crippen molar-refractivity contribution in [2.24, 2.45) is 0 Å². The molecule has 0 aliphatic rings. The van der Waals surface area contributed by atoms with Crippen LogP contribution in [0.4, 0.5) is 16.3 Å². The zero-order valence-electron chi connectivity index (χ0n) is 7.77. The van der Waals surface area contributed by atoms with Gasteiger partial charge >= 0.3 is 6.09 Å². The van der Waals surface area contributed by atoms with Crippen LogP contribution >= 0.6 is 0 Å². The molecule has 5 nitrogen and oxygen atoms in total. The van der Waals surface area contributed by atoms with Gasteiger partial charge in [-0.15, -0.1) is 0 Å². The Bertz CT molecular complexity index is 525. The van der Waals surface area contributed by atoms with E-state index in [2.05, 4.69) is 10.3 Å². The van der Waals surface area contributed by atoms with E-state index in [1.165, 1.54) is 0 Å². The summed E-state index contributed by atoms with van der Waals surface area (Å²) in [5.74, 6) is 0.292. The SMILES string of the molecule is Nc1cccc2nc(NC(=O)O)ccc12. The molecule has 0 saturated carbocycles. The van der Waals surface area contributed by atoms with Crippen LogP contribution in [0.25, 0.3) is 10.9 Å². The van der Waals surface area contributed by atoms with Gasteiger partial charge in [-0.1, -0.05) is 6.07 Å². The average Bonchev–Trinajstić information content (AvgIpc) is 2.17. The van der Waals surface area contributed by atoms with Gasteiger partial charge in [0.1, 0.15) is 5.82 Å². The van der Waals surface area contributed by atoms with E-state index < -0.39 is 6.09 Å². The van der Waals surface area contributed by atoms with Gasteiger partial charge in [0.15, 0.2) is 0 Å². The lowest BCUT2D eigenvalue weighted by molar-refractivity contribution is 0.209. The number of hydrogen-bond acceptors (Lipinski definition) is 3. The molecule has 15 heavy (non-hydrogen) atoms. The second kappa shape index (κ2) is 3.45. The molecule has 0 atom stereocenters. The molecule has 0 saturated heterocycles. The van der Waals surface area contributed by atoms with Crippen molar-refractivity contribution in [1.29, 1.82) is 0 Å². The standard InChI is InChI=1S/C10H9N3O2/c11-7-2-1-3-8-6(7)4-5-9(12-8)13-10(14)15/h1-5H,11H2,(H,12,13)(H,14,15). The lowest BCUT2D eigenvalue weighted by Gasteiger charge is -2.03. The molecular weight excluding hydrogens is 194 g/mol. The van der Waals surface area contributed by atoms with E-state index in [4.69, 9.17) is 10.8 Å². The summed E-state index contributed by atoms with van der Waals surface area (Å²) in [5, 5.41) is 11.5. The van der Waals surface area contributed by atoms with Crippen molar-refractivity contribution in [3.63, 3.8) is 0 Å². The first-order valence-corrected chi connectivity index (χ1v) is 4.32. The summed E-state index contributed by atoms with van der Waals surface area (Å²) in [6.45, 7) is 0. The number of pyridine rings is 1. The highest BCUT2D eigenvalue weighted by Crippen LogP contribution is 2.20. The van der Waals surface area contributed by atoms with E-state index in [-0.39, 0.29) is 0 Å². The normalized spacial score (nSPS) is 10.1. The van der Waals surface area contributed by atoms with Crippen molar-refractivity contribution in [3.05, 3.63) is 30.3 Å². The molecule has 1 aromatic heterocycles. The Morgan fingerprint density at radius 2 is 2.13 bits per heavy atom. The second-order valence-corrected chi connectivity index (χ2v) is 3.04. The zero-order chi connectivity index (χ0) is 10.8. The fraction of sp³-hybridized carbons (Fsp3) is 0. The number of carboxylic acid groups (broad SMARTS) is 1. The van der Waals surface area contributed by atoms with E-state index in [1.807, 2.05) is 0 Å². The van der Waals surface area contributed by atoms with Crippen LogP contribution in [0.3, 0.4) is 0 Å². The minimum Gasteiger partial charge on any atom is -0.465 e. The van der Waals surface area contributed by atoms with Gasteiger partial charge < -0.3 is 10.8 Å². The fourth-order valence-electron chi connectivity index (χ4n) is 1.36. The third-order valence-electron chi connectivity index (χ3n) is 2.00. The zero-order valence-corrected chi connectivity index (χ0v) is 7.77. The molecule has 0 radical (unpaired) electrons. The molecule has 1 amide bonds. The quantitative estimate of drug-likeness (QED) is 0.617. The first-order chi connectivity index (χ1) is 7.16. The lowest BCUT2D eigenvalue weighted by Crippen LogP contribution is -2.08. The summed E-state index contributed by atoms with van der Waals surface area (Å²) in [6.07, 6.45) is -1.13. The van der Waals surface area contributed by atoms with Gasteiger partial charge in [-0.3, -0.25) is 5.32 Å². The molecule has 1 heterocycles. The van der Waals surface area contributed by atoms with Gasteiger partial charge in [0.2, 0.25) is 0 Å². The van der Waals surface area contributed by atoms with E-state index in [0.29, 0.717) is 17.0 Å². The molecular formula is C10H9N3O2. The molecule has 5 heteroatoms. The molecule has 0 bridgehead atoms. The van der Waals surface area contributed by atoms with Crippen molar-refractivity contribution in [2.45, 2.75) is 0 Å². The first kappa shape index (κ1) is 9.26. The number of hydrogen-bond donors (Lipinski definition) is 3. The Kier molecular flexibility index (Phi) is 2.13. The van der Waals surface area contributed by atoms with Gasteiger partial charge in [-0.25, -0.2) is 9.78 Å². The van der Waals surface area contributed by atoms with Crippen LogP contribution < -0.4 is 11.1 Å². The molecule has 0 fully saturated rings. The topological polar surface area (TPSA) is 88.2 Å². The number of carbonyl (C=O) groups is 1. The number of nitrogens with zero attached hydrogens (tertiary/aromatic N) is 1. The number of nitrogens with one attached hydrogen (secondary N) is 1. The largest absolute Gasteiger partial charge is 0.465 e. The Balaban J connectivity index is 2.52. The average molecular weight is 203 g/mol. The van der Waals surface area contributed by atoms with Gasteiger partial charge in [0.25, 0.3) is 0 Å². The van der Waals surface area contributed by atoms with Crippen LogP contribution in [0.1, 0.15) is 0 Å².